The highest BCUT2D eigenvalue weighted by atomic mass is 16.5. The Balaban J connectivity index is 0.000000237. The van der Waals surface area contributed by atoms with E-state index in [1.165, 1.54) is 135 Å². The van der Waals surface area contributed by atoms with Crippen molar-refractivity contribution >= 4 is 17.9 Å². The Hall–Kier alpha value is -10.2. The molecule has 0 radical (unpaired) electrons. The minimum Gasteiger partial charge on any atom is -0.494 e. The summed E-state index contributed by atoms with van der Waals surface area (Å²) in [5.74, 6) is 5.57. The Morgan fingerprint density at radius 2 is 0.518 bits per heavy atom. The SMILES string of the molecule is CCCCCCCCCCCOc1ccc(C(=O)Oc2ccc(OCC(C)CC)cc2-c2cnccn2)cc1.CCCCCCCCCCOc1ccc(C(=O)Oc2ccc(OCC(C)CC)cc2-c2cnccn2)cc1.CCCCCCCCCOc1ccc(C(=O)Oc2ccc(OCC(C)CC)cc2-c2cnccn2)cc1. The first-order valence-corrected chi connectivity index (χ1v) is 42.3. The Morgan fingerprint density at radius 1 is 0.281 bits per heavy atom. The molecule has 0 saturated heterocycles. The largest absolute Gasteiger partial charge is 0.494 e. The van der Waals surface area contributed by atoms with E-state index in [9.17, 15) is 14.4 Å². The lowest BCUT2D eigenvalue weighted by atomic mass is 10.1. The van der Waals surface area contributed by atoms with E-state index in [1.807, 2.05) is 72.8 Å². The van der Waals surface area contributed by atoms with E-state index in [1.54, 1.807) is 110 Å². The number of ether oxygens (including phenoxy) is 9. The molecule has 114 heavy (non-hydrogen) atoms. The first kappa shape index (κ1) is 91.0. The van der Waals surface area contributed by atoms with Crippen molar-refractivity contribution in [2.24, 2.45) is 17.8 Å². The van der Waals surface area contributed by atoms with Crippen molar-refractivity contribution in [1.29, 1.82) is 0 Å². The van der Waals surface area contributed by atoms with E-state index in [4.69, 9.17) is 42.6 Å². The van der Waals surface area contributed by atoms with E-state index >= 15 is 0 Å². The van der Waals surface area contributed by atoms with Gasteiger partial charge in [-0.1, -0.05) is 216 Å². The summed E-state index contributed by atoms with van der Waals surface area (Å²) in [6.07, 6.45) is 48.1. The van der Waals surface area contributed by atoms with Gasteiger partial charge >= 0.3 is 17.9 Å². The molecule has 0 amide bonds. The summed E-state index contributed by atoms with van der Waals surface area (Å²) < 4.78 is 52.8. The molecule has 3 unspecified atom stereocenters. The number of rotatable bonds is 51. The smallest absolute Gasteiger partial charge is 0.343 e. The van der Waals surface area contributed by atoms with Gasteiger partial charge in [-0.25, -0.2) is 14.4 Å². The first-order chi connectivity index (χ1) is 55.8. The fraction of sp³-hybridized carbons (Fsp3) is 0.469. The molecule has 0 aliphatic carbocycles. The number of nitrogens with zero attached hydrogens (tertiary/aromatic N) is 6. The maximum atomic E-state index is 13.0. The average Bonchev–Trinajstić information content (AvgIpc) is 0.826. The molecule has 0 aliphatic heterocycles. The average molecular weight is 1560 g/mol. The summed E-state index contributed by atoms with van der Waals surface area (Å²) in [6.45, 7) is 23.5. The number of hydrogen-bond donors (Lipinski definition) is 0. The molecule has 0 aliphatic rings. The fourth-order valence-electron chi connectivity index (χ4n) is 11.9. The topological polar surface area (TPSA) is 212 Å². The summed E-state index contributed by atoms with van der Waals surface area (Å²) >= 11 is 0. The van der Waals surface area contributed by atoms with Crippen molar-refractivity contribution in [3.63, 3.8) is 0 Å². The van der Waals surface area contributed by atoms with Crippen LogP contribution < -0.4 is 42.6 Å². The fourth-order valence-corrected chi connectivity index (χ4v) is 11.9. The number of carbonyl (C=O) groups is 3. The first-order valence-electron chi connectivity index (χ1n) is 42.3. The summed E-state index contributed by atoms with van der Waals surface area (Å²) in [6, 6.07) is 37.5. The number of hydrogen-bond acceptors (Lipinski definition) is 18. The van der Waals surface area contributed by atoms with Gasteiger partial charge in [-0.2, -0.15) is 0 Å². The predicted molar refractivity (Wildman–Crippen MR) is 456 cm³/mol. The van der Waals surface area contributed by atoms with Crippen molar-refractivity contribution in [2.75, 3.05) is 39.6 Å². The zero-order valence-electron chi connectivity index (χ0n) is 69.5. The molecule has 6 aromatic carbocycles. The molecule has 18 heteroatoms. The summed E-state index contributed by atoms with van der Waals surface area (Å²) in [5, 5.41) is 0. The van der Waals surface area contributed by atoms with Gasteiger partial charge in [0.25, 0.3) is 0 Å². The molecule has 9 aromatic rings. The molecule has 0 saturated carbocycles. The molecular formula is C96H126N6O12. The van der Waals surface area contributed by atoms with Gasteiger partial charge in [-0.15, -0.1) is 0 Å². The number of esters is 3. The Kier molecular flexibility index (Phi) is 43.5. The lowest BCUT2D eigenvalue weighted by molar-refractivity contribution is 0.0725. The van der Waals surface area contributed by atoms with Crippen molar-refractivity contribution in [3.05, 3.63) is 200 Å². The standard InChI is InChI=1S/C33H44N2O4.C32H42N2O4.C31H40N2O4/c1-4-6-7-8-9-10-11-12-13-22-37-28-16-14-27(15-17-28)33(36)39-32-19-18-29(38-25-26(3)5-2)23-30(32)31-24-34-20-21-35-31;1-4-6-7-8-9-10-11-12-21-36-27-15-13-26(14-16-27)32(35)38-31-18-17-28(37-24-25(3)5-2)22-29(31)30-23-33-19-20-34-30;1-4-6-7-8-9-10-11-20-35-26-14-12-25(13-15-26)31(34)37-30-17-16-27(36-23-24(3)5-2)21-28(30)29-22-32-18-19-33-29/h14-21,23-24,26H,4-13,22,25H2,1-3H3;13-20,22-23,25H,4-12,21,24H2,1-3H3;12-19,21-22,24H,4-11,20,23H2,1-3H3. The quantitative estimate of drug-likeness (QED) is 0.0197. The van der Waals surface area contributed by atoms with Crippen molar-refractivity contribution < 1.29 is 57.0 Å². The minimum atomic E-state index is -0.447. The van der Waals surface area contributed by atoms with Crippen LogP contribution in [0.25, 0.3) is 33.8 Å². The second-order valence-corrected chi connectivity index (χ2v) is 29.4. The molecule has 3 aromatic heterocycles. The van der Waals surface area contributed by atoms with Gasteiger partial charge < -0.3 is 42.6 Å². The van der Waals surface area contributed by atoms with Gasteiger partial charge in [0.2, 0.25) is 0 Å². The van der Waals surface area contributed by atoms with Crippen LogP contribution in [0.3, 0.4) is 0 Å². The van der Waals surface area contributed by atoms with Crippen molar-refractivity contribution in [3.8, 4) is 85.5 Å². The van der Waals surface area contributed by atoms with Crippen LogP contribution in [-0.2, 0) is 0 Å². The van der Waals surface area contributed by atoms with E-state index in [0.717, 1.165) is 55.8 Å². The molecule has 18 nitrogen and oxygen atoms in total. The third kappa shape index (κ3) is 34.6. The minimum absolute atomic E-state index is 0.403. The van der Waals surface area contributed by atoms with Crippen LogP contribution in [0.5, 0.6) is 51.7 Å². The molecule has 3 atom stereocenters. The second kappa shape index (κ2) is 54.5. The van der Waals surface area contributed by atoms with E-state index in [2.05, 4.69) is 92.2 Å². The Labute approximate surface area is 679 Å². The van der Waals surface area contributed by atoms with Crippen LogP contribution in [-0.4, -0.2) is 87.5 Å². The van der Waals surface area contributed by atoms with Crippen molar-refractivity contribution in [2.45, 2.75) is 236 Å². The maximum Gasteiger partial charge on any atom is 0.343 e. The Morgan fingerprint density at radius 3 is 0.746 bits per heavy atom. The molecule has 3 heterocycles. The maximum absolute atomic E-state index is 13.0. The summed E-state index contributed by atoms with van der Waals surface area (Å²) in [5.41, 5.74) is 5.12. The van der Waals surface area contributed by atoms with Gasteiger partial charge in [0, 0.05) is 53.9 Å². The lowest BCUT2D eigenvalue weighted by Gasteiger charge is -2.14. The number of unbranched alkanes of at least 4 members (excludes halogenated alkanes) is 21. The van der Waals surface area contributed by atoms with Gasteiger partial charge in [0.15, 0.2) is 0 Å². The van der Waals surface area contributed by atoms with Gasteiger partial charge in [0.05, 0.1) is 92.0 Å². The zero-order chi connectivity index (χ0) is 81.0. The highest BCUT2D eigenvalue weighted by Crippen LogP contribution is 2.37. The molecule has 0 spiro atoms. The predicted octanol–water partition coefficient (Wildman–Crippen LogP) is 24.9. The van der Waals surface area contributed by atoms with Crippen LogP contribution in [0.1, 0.15) is 267 Å². The van der Waals surface area contributed by atoms with Crippen LogP contribution in [0.4, 0.5) is 0 Å². The second-order valence-electron chi connectivity index (χ2n) is 29.4. The summed E-state index contributed by atoms with van der Waals surface area (Å²) in [4.78, 5) is 64.5. The molecule has 0 N–H and O–H groups in total. The number of aromatic nitrogens is 6. The Bertz CT molecular complexity index is 4100. The van der Waals surface area contributed by atoms with Gasteiger partial charge in [0.1, 0.15) is 51.7 Å². The molecule has 0 bridgehead atoms. The van der Waals surface area contributed by atoms with E-state index in [-0.39, 0.29) is 0 Å². The highest BCUT2D eigenvalue weighted by Gasteiger charge is 2.21. The third-order valence-corrected chi connectivity index (χ3v) is 19.7. The molecule has 612 valence electrons. The normalized spacial score (nSPS) is 11.7. The van der Waals surface area contributed by atoms with Crippen LogP contribution in [0.15, 0.2) is 183 Å². The third-order valence-electron chi connectivity index (χ3n) is 19.7. The monoisotopic (exact) mass is 1550 g/mol. The van der Waals surface area contributed by atoms with Crippen molar-refractivity contribution in [1.82, 2.24) is 29.9 Å². The van der Waals surface area contributed by atoms with E-state index in [0.29, 0.717) is 142 Å². The lowest BCUT2D eigenvalue weighted by Crippen LogP contribution is -2.10. The molecule has 9 rings (SSSR count). The number of benzene rings is 6. The number of carbonyl (C=O) groups excluding carboxylic acids is 3. The van der Waals surface area contributed by atoms with Crippen LogP contribution in [0, 0.1) is 17.8 Å². The molecule has 0 fully saturated rings. The zero-order valence-corrected chi connectivity index (χ0v) is 69.5. The van der Waals surface area contributed by atoms with Gasteiger partial charge in [-0.3, -0.25) is 29.9 Å². The van der Waals surface area contributed by atoms with Crippen LogP contribution >= 0.6 is 0 Å². The van der Waals surface area contributed by atoms with Crippen LogP contribution in [0.2, 0.25) is 0 Å². The summed E-state index contributed by atoms with van der Waals surface area (Å²) in [7, 11) is 0. The molecular weight excluding hydrogens is 1430 g/mol. The highest BCUT2D eigenvalue weighted by molar-refractivity contribution is 5.94. The van der Waals surface area contributed by atoms with E-state index < -0.39 is 17.9 Å². The van der Waals surface area contributed by atoms with Gasteiger partial charge in [-0.05, 0) is 164 Å².